The summed E-state index contributed by atoms with van der Waals surface area (Å²) in [7, 11) is 0. The van der Waals surface area contributed by atoms with Crippen LogP contribution in [0.4, 0.5) is 0 Å². The highest BCUT2D eigenvalue weighted by molar-refractivity contribution is 5.96. The lowest BCUT2D eigenvalue weighted by Crippen LogP contribution is -2.38. The molecular formula is C15H20N2O2. The van der Waals surface area contributed by atoms with Gasteiger partial charge in [-0.3, -0.25) is 4.79 Å². The molecule has 3 rings (SSSR count). The van der Waals surface area contributed by atoms with Gasteiger partial charge in [-0.2, -0.15) is 0 Å². The summed E-state index contributed by atoms with van der Waals surface area (Å²) in [5, 5.41) is 3.20. The molecule has 102 valence electrons. The zero-order valence-electron chi connectivity index (χ0n) is 11.3. The van der Waals surface area contributed by atoms with Crippen LogP contribution in [-0.2, 0) is 0 Å². The second kappa shape index (κ2) is 5.19. The zero-order valence-corrected chi connectivity index (χ0v) is 11.3. The van der Waals surface area contributed by atoms with Gasteiger partial charge < -0.3 is 10.1 Å². The molecule has 0 saturated heterocycles. The standard InChI is InChI=1S/C15H20N2O2/c1-2-19-15-12(4-3-9-16-15)14(18)17-13(10-5-6-10)11-7-8-11/h3-4,9-11,13H,2,5-8H2,1H3,(H,17,18). The fraction of sp³-hybridized carbons (Fsp3) is 0.600. The SMILES string of the molecule is CCOc1ncccc1C(=O)NC(C1CC1)C1CC1. The molecule has 2 aliphatic carbocycles. The van der Waals surface area contributed by atoms with Gasteiger partial charge in [0, 0.05) is 12.2 Å². The van der Waals surface area contributed by atoms with E-state index >= 15 is 0 Å². The Morgan fingerprint density at radius 1 is 1.42 bits per heavy atom. The van der Waals surface area contributed by atoms with Crippen LogP contribution < -0.4 is 10.1 Å². The lowest BCUT2D eigenvalue weighted by Gasteiger charge is -2.18. The first-order valence-corrected chi connectivity index (χ1v) is 7.18. The van der Waals surface area contributed by atoms with E-state index in [0.29, 0.717) is 35.9 Å². The van der Waals surface area contributed by atoms with E-state index in [9.17, 15) is 4.79 Å². The average Bonchev–Trinajstić information content (AvgIpc) is 3.30. The predicted molar refractivity (Wildman–Crippen MR) is 72.1 cm³/mol. The Balaban J connectivity index is 1.72. The summed E-state index contributed by atoms with van der Waals surface area (Å²) < 4.78 is 5.42. The summed E-state index contributed by atoms with van der Waals surface area (Å²) in [6.45, 7) is 2.42. The highest BCUT2D eigenvalue weighted by Gasteiger charge is 2.42. The van der Waals surface area contributed by atoms with Crippen molar-refractivity contribution in [1.82, 2.24) is 10.3 Å². The lowest BCUT2D eigenvalue weighted by atomic mass is 10.1. The Morgan fingerprint density at radius 3 is 2.68 bits per heavy atom. The van der Waals surface area contributed by atoms with Crippen LogP contribution in [0.3, 0.4) is 0 Å². The molecule has 0 spiro atoms. The van der Waals surface area contributed by atoms with E-state index in [-0.39, 0.29) is 5.91 Å². The number of ether oxygens (including phenoxy) is 1. The summed E-state index contributed by atoms with van der Waals surface area (Å²) in [5.41, 5.74) is 0.552. The summed E-state index contributed by atoms with van der Waals surface area (Å²) in [6.07, 6.45) is 6.68. The first-order valence-electron chi connectivity index (χ1n) is 7.18. The van der Waals surface area contributed by atoms with E-state index in [1.165, 1.54) is 25.7 Å². The van der Waals surface area contributed by atoms with Crippen molar-refractivity contribution in [2.75, 3.05) is 6.61 Å². The van der Waals surface area contributed by atoms with Gasteiger partial charge in [-0.25, -0.2) is 4.98 Å². The lowest BCUT2D eigenvalue weighted by molar-refractivity contribution is 0.0921. The van der Waals surface area contributed by atoms with Gasteiger partial charge in [-0.15, -0.1) is 0 Å². The van der Waals surface area contributed by atoms with E-state index in [1.54, 1.807) is 18.3 Å². The van der Waals surface area contributed by atoms with Crippen molar-refractivity contribution < 1.29 is 9.53 Å². The molecule has 1 amide bonds. The Bertz CT molecular complexity index is 455. The van der Waals surface area contributed by atoms with Crippen LogP contribution in [0, 0.1) is 11.8 Å². The maximum atomic E-state index is 12.4. The second-order valence-corrected chi connectivity index (χ2v) is 5.46. The van der Waals surface area contributed by atoms with E-state index < -0.39 is 0 Å². The van der Waals surface area contributed by atoms with Crippen LogP contribution in [0.25, 0.3) is 0 Å². The van der Waals surface area contributed by atoms with E-state index in [4.69, 9.17) is 4.74 Å². The van der Waals surface area contributed by atoms with Crippen molar-refractivity contribution >= 4 is 5.91 Å². The van der Waals surface area contributed by atoms with Gasteiger partial charge in [0.1, 0.15) is 5.56 Å². The predicted octanol–water partition coefficient (Wildman–Crippen LogP) is 2.40. The molecule has 0 bridgehead atoms. The van der Waals surface area contributed by atoms with Gasteiger partial charge in [0.25, 0.3) is 5.91 Å². The first-order chi connectivity index (χ1) is 9.29. The Kier molecular flexibility index (Phi) is 3.40. The maximum absolute atomic E-state index is 12.4. The topological polar surface area (TPSA) is 51.2 Å². The highest BCUT2D eigenvalue weighted by atomic mass is 16.5. The number of nitrogens with zero attached hydrogens (tertiary/aromatic N) is 1. The van der Waals surface area contributed by atoms with Crippen molar-refractivity contribution in [2.45, 2.75) is 38.6 Å². The third kappa shape index (κ3) is 2.88. The van der Waals surface area contributed by atoms with Crippen LogP contribution >= 0.6 is 0 Å². The molecule has 1 aromatic heterocycles. The molecule has 2 aliphatic rings. The van der Waals surface area contributed by atoms with Crippen LogP contribution in [0.1, 0.15) is 43.0 Å². The maximum Gasteiger partial charge on any atom is 0.257 e. The molecule has 4 nitrogen and oxygen atoms in total. The minimum Gasteiger partial charge on any atom is -0.477 e. The molecule has 0 unspecified atom stereocenters. The fourth-order valence-corrected chi connectivity index (χ4v) is 2.58. The van der Waals surface area contributed by atoms with Gasteiger partial charge in [-0.1, -0.05) is 0 Å². The first kappa shape index (κ1) is 12.5. The van der Waals surface area contributed by atoms with Crippen LogP contribution in [-0.4, -0.2) is 23.5 Å². The molecule has 0 aromatic carbocycles. The van der Waals surface area contributed by atoms with Crippen LogP contribution in [0.5, 0.6) is 5.88 Å². The normalized spacial score (nSPS) is 18.4. The molecule has 2 fully saturated rings. The molecule has 2 saturated carbocycles. The number of aromatic nitrogens is 1. The number of hydrogen-bond acceptors (Lipinski definition) is 3. The molecule has 0 aliphatic heterocycles. The molecule has 1 heterocycles. The van der Waals surface area contributed by atoms with Crippen LogP contribution in [0.2, 0.25) is 0 Å². The number of carbonyl (C=O) groups excluding carboxylic acids is 1. The van der Waals surface area contributed by atoms with Gasteiger partial charge in [0.2, 0.25) is 5.88 Å². The largest absolute Gasteiger partial charge is 0.477 e. The summed E-state index contributed by atoms with van der Waals surface area (Å²) in [6, 6.07) is 3.92. The van der Waals surface area contributed by atoms with E-state index in [1.807, 2.05) is 6.92 Å². The van der Waals surface area contributed by atoms with Crippen molar-refractivity contribution in [3.8, 4) is 5.88 Å². The smallest absolute Gasteiger partial charge is 0.257 e. The van der Waals surface area contributed by atoms with Gasteiger partial charge in [-0.05, 0) is 56.6 Å². The third-order valence-electron chi connectivity index (χ3n) is 3.85. The van der Waals surface area contributed by atoms with Crippen molar-refractivity contribution in [3.05, 3.63) is 23.9 Å². The Hall–Kier alpha value is -1.58. The summed E-state index contributed by atoms with van der Waals surface area (Å²) >= 11 is 0. The molecule has 1 N–H and O–H groups in total. The fourth-order valence-electron chi connectivity index (χ4n) is 2.58. The minimum atomic E-state index is -0.0413. The quantitative estimate of drug-likeness (QED) is 0.854. The number of pyridine rings is 1. The number of nitrogens with one attached hydrogen (secondary N) is 1. The number of rotatable bonds is 6. The van der Waals surface area contributed by atoms with Crippen molar-refractivity contribution in [2.24, 2.45) is 11.8 Å². The molecule has 1 aromatic rings. The Morgan fingerprint density at radius 2 is 2.11 bits per heavy atom. The van der Waals surface area contributed by atoms with Crippen molar-refractivity contribution in [3.63, 3.8) is 0 Å². The van der Waals surface area contributed by atoms with Crippen molar-refractivity contribution in [1.29, 1.82) is 0 Å². The average molecular weight is 260 g/mol. The summed E-state index contributed by atoms with van der Waals surface area (Å²) in [5.74, 6) is 1.79. The minimum absolute atomic E-state index is 0.0413. The van der Waals surface area contributed by atoms with Gasteiger partial charge >= 0.3 is 0 Å². The highest BCUT2D eigenvalue weighted by Crippen LogP contribution is 2.44. The molecule has 0 atom stereocenters. The Labute approximate surface area is 113 Å². The number of carbonyl (C=O) groups is 1. The van der Waals surface area contributed by atoms with E-state index in [2.05, 4.69) is 10.3 Å². The second-order valence-electron chi connectivity index (χ2n) is 5.46. The van der Waals surface area contributed by atoms with E-state index in [0.717, 1.165) is 0 Å². The molecule has 0 radical (unpaired) electrons. The molecule has 19 heavy (non-hydrogen) atoms. The third-order valence-corrected chi connectivity index (χ3v) is 3.85. The monoisotopic (exact) mass is 260 g/mol. The van der Waals surface area contributed by atoms with Gasteiger partial charge in [0.05, 0.1) is 6.61 Å². The summed E-state index contributed by atoms with van der Waals surface area (Å²) in [4.78, 5) is 16.5. The van der Waals surface area contributed by atoms with Gasteiger partial charge in [0.15, 0.2) is 0 Å². The number of hydrogen-bond donors (Lipinski definition) is 1. The zero-order chi connectivity index (χ0) is 13.2. The molecule has 4 heteroatoms. The van der Waals surface area contributed by atoms with Crippen LogP contribution in [0.15, 0.2) is 18.3 Å². The number of amides is 1. The molecular weight excluding hydrogens is 240 g/mol.